The quantitative estimate of drug-likeness (QED) is 0.409. The van der Waals surface area contributed by atoms with E-state index in [0.717, 1.165) is 19.4 Å². The van der Waals surface area contributed by atoms with Gasteiger partial charge in [0.2, 0.25) is 0 Å². The Morgan fingerprint density at radius 2 is 2.58 bits per heavy atom. The summed E-state index contributed by atoms with van der Waals surface area (Å²) in [5, 5.41) is 7.03. The normalized spacial score (nSPS) is 22.2. The van der Waals surface area contributed by atoms with Crippen LogP contribution in [0.1, 0.15) is 12.8 Å². The molecule has 0 aromatic rings. The molecule has 0 spiro atoms. The van der Waals surface area contributed by atoms with Gasteiger partial charge in [0.25, 0.3) is 0 Å². The maximum atomic E-state index is 7.03. The smallest absolute Gasteiger partial charge is 0.308 e. The summed E-state index contributed by atoms with van der Waals surface area (Å²) in [6, 6.07) is 0.530. The molecule has 1 fully saturated rings. The van der Waals surface area contributed by atoms with Crippen LogP contribution in [-0.4, -0.2) is 31.9 Å². The summed E-state index contributed by atoms with van der Waals surface area (Å²) in [6.07, 6.45) is 3.64. The van der Waals surface area contributed by atoms with Gasteiger partial charge in [0.15, 0.2) is 0 Å². The van der Waals surface area contributed by atoms with E-state index in [1.165, 1.54) is 7.11 Å². The average Bonchev–Trinajstić information content (AvgIpc) is 2.00. The molecule has 1 saturated heterocycles. The van der Waals surface area contributed by atoms with Crippen molar-refractivity contribution >= 4 is 12.2 Å². The number of aliphatic imine (C=N–C) groups is 1. The second kappa shape index (κ2) is 4.84. The average molecular weight is 170 g/mol. The van der Waals surface area contributed by atoms with Crippen LogP contribution in [0.4, 0.5) is 0 Å². The van der Waals surface area contributed by atoms with Crippen LogP contribution in [0.25, 0.3) is 0 Å². The summed E-state index contributed by atoms with van der Waals surface area (Å²) < 4.78 is 4.55. The van der Waals surface area contributed by atoms with Gasteiger partial charge in [-0.1, -0.05) is 0 Å². The van der Waals surface area contributed by atoms with E-state index in [1.54, 1.807) is 6.21 Å². The lowest BCUT2D eigenvalue weighted by Gasteiger charge is -2.28. The van der Waals surface area contributed by atoms with E-state index in [1.807, 2.05) is 0 Å². The molecule has 1 rings (SSSR count). The van der Waals surface area contributed by atoms with Crippen LogP contribution < -0.4 is 10.9 Å². The second-order valence-corrected chi connectivity index (χ2v) is 2.62. The topological polar surface area (TPSA) is 69.5 Å². The molecule has 3 N–H and O–H groups in total. The lowest BCUT2D eigenvalue weighted by atomic mass is 10.1. The molecule has 0 saturated carbocycles. The molecule has 1 aliphatic rings. The van der Waals surface area contributed by atoms with Crippen LogP contribution in [-0.2, 0) is 4.74 Å². The summed E-state index contributed by atoms with van der Waals surface area (Å²) >= 11 is 0. The number of hydrogen-bond donors (Lipinski definition) is 3. The zero-order valence-corrected chi connectivity index (χ0v) is 7.13. The first-order valence-corrected chi connectivity index (χ1v) is 3.96. The lowest BCUT2D eigenvalue weighted by Crippen LogP contribution is -2.58. The van der Waals surface area contributed by atoms with Gasteiger partial charge in [-0.15, -0.1) is 0 Å². The minimum absolute atomic E-state index is 0.0327. The summed E-state index contributed by atoms with van der Waals surface area (Å²) in [5.74, 6) is 0. The predicted octanol–water partition coefficient (Wildman–Crippen LogP) is -0.105. The van der Waals surface area contributed by atoms with Gasteiger partial charge >= 0.3 is 6.02 Å². The molecule has 0 amide bonds. The predicted molar refractivity (Wildman–Crippen MR) is 47.4 cm³/mol. The molecule has 1 unspecified atom stereocenters. The van der Waals surface area contributed by atoms with Crippen LogP contribution >= 0.6 is 0 Å². The van der Waals surface area contributed by atoms with Crippen molar-refractivity contribution in [2.45, 2.75) is 18.9 Å². The Morgan fingerprint density at radius 1 is 1.83 bits per heavy atom. The highest BCUT2D eigenvalue weighted by Gasteiger charge is 2.13. The Kier molecular flexibility index (Phi) is 3.69. The van der Waals surface area contributed by atoms with Gasteiger partial charge in [-0.2, -0.15) is 0 Å². The van der Waals surface area contributed by atoms with Crippen molar-refractivity contribution in [1.29, 1.82) is 5.41 Å². The lowest BCUT2D eigenvalue weighted by molar-refractivity contribution is 0.289. The largest absolute Gasteiger partial charge is 0.467 e. The zero-order valence-electron chi connectivity index (χ0n) is 7.13. The number of hydrazine groups is 1. The molecule has 68 valence electrons. The van der Waals surface area contributed by atoms with Crippen molar-refractivity contribution in [1.82, 2.24) is 10.9 Å². The van der Waals surface area contributed by atoms with Crippen LogP contribution in [0.2, 0.25) is 0 Å². The fraction of sp³-hybridized carbons (Fsp3) is 0.714. The molecule has 1 heterocycles. The maximum absolute atomic E-state index is 7.03. The molecule has 0 aromatic heterocycles. The van der Waals surface area contributed by atoms with Gasteiger partial charge in [0.1, 0.15) is 0 Å². The Morgan fingerprint density at radius 3 is 3.08 bits per heavy atom. The van der Waals surface area contributed by atoms with Gasteiger partial charge in [-0.25, -0.2) is 10.4 Å². The van der Waals surface area contributed by atoms with Gasteiger partial charge in [-0.3, -0.25) is 10.9 Å². The van der Waals surface area contributed by atoms with Crippen LogP contribution in [0, 0.1) is 5.41 Å². The Hall–Kier alpha value is -0.940. The van der Waals surface area contributed by atoms with E-state index in [2.05, 4.69) is 20.6 Å². The SMILES string of the molecule is COC(=N)/N=C\CCC1CNN1. The Labute approximate surface area is 71.7 Å². The van der Waals surface area contributed by atoms with E-state index in [0.29, 0.717) is 6.04 Å². The number of rotatable bonds is 3. The number of hydrogen-bond acceptors (Lipinski definition) is 4. The van der Waals surface area contributed by atoms with Gasteiger partial charge in [0, 0.05) is 18.8 Å². The molecule has 5 nitrogen and oxygen atoms in total. The van der Waals surface area contributed by atoms with Crippen molar-refractivity contribution in [3.8, 4) is 0 Å². The third-order valence-electron chi connectivity index (χ3n) is 1.70. The van der Waals surface area contributed by atoms with Gasteiger partial charge in [-0.05, 0) is 12.8 Å². The van der Waals surface area contributed by atoms with E-state index >= 15 is 0 Å². The molecular formula is C7H14N4O. The van der Waals surface area contributed by atoms with E-state index in [4.69, 9.17) is 5.41 Å². The van der Waals surface area contributed by atoms with Crippen molar-refractivity contribution in [3.05, 3.63) is 0 Å². The standard InChI is InChI=1S/C7H14N4O/c1-12-7(8)9-4-2-3-6-5-10-11-6/h4,6,8,10-11H,2-3,5H2,1H3/b8-7?,9-4-. The fourth-order valence-corrected chi connectivity index (χ4v) is 0.897. The third-order valence-corrected chi connectivity index (χ3v) is 1.70. The minimum Gasteiger partial charge on any atom is -0.467 e. The molecule has 1 aliphatic heterocycles. The number of ether oxygens (including phenoxy) is 1. The van der Waals surface area contributed by atoms with Crippen molar-refractivity contribution in [3.63, 3.8) is 0 Å². The van der Waals surface area contributed by atoms with Crippen molar-refractivity contribution in [2.24, 2.45) is 4.99 Å². The monoisotopic (exact) mass is 170 g/mol. The first-order valence-electron chi connectivity index (χ1n) is 3.96. The molecule has 5 heteroatoms. The first kappa shape index (κ1) is 9.15. The Bertz CT molecular complexity index is 176. The van der Waals surface area contributed by atoms with E-state index in [9.17, 15) is 0 Å². The maximum Gasteiger partial charge on any atom is 0.308 e. The van der Waals surface area contributed by atoms with Crippen molar-refractivity contribution in [2.75, 3.05) is 13.7 Å². The summed E-state index contributed by atoms with van der Waals surface area (Å²) in [4.78, 5) is 3.76. The van der Waals surface area contributed by atoms with Crippen molar-refractivity contribution < 1.29 is 4.74 Å². The Balaban J connectivity index is 2.00. The molecule has 1 atom stereocenters. The highest BCUT2D eigenvalue weighted by molar-refractivity contribution is 5.80. The van der Waals surface area contributed by atoms with Crippen LogP contribution in [0.5, 0.6) is 0 Å². The van der Waals surface area contributed by atoms with E-state index < -0.39 is 0 Å². The summed E-state index contributed by atoms with van der Waals surface area (Å²) in [6.45, 7) is 1.02. The highest BCUT2D eigenvalue weighted by Crippen LogP contribution is 1.98. The molecule has 0 aromatic carbocycles. The van der Waals surface area contributed by atoms with E-state index in [-0.39, 0.29) is 6.02 Å². The third kappa shape index (κ3) is 2.98. The van der Waals surface area contributed by atoms with Gasteiger partial charge < -0.3 is 4.74 Å². The fourth-order valence-electron chi connectivity index (χ4n) is 0.897. The van der Waals surface area contributed by atoms with Crippen LogP contribution in [0.3, 0.4) is 0 Å². The molecule has 0 aliphatic carbocycles. The number of methoxy groups -OCH3 is 1. The molecular weight excluding hydrogens is 156 g/mol. The van der Waals surface area contributed by atoms with Gasteiger partial charge in [0.05, 0.1) is 7.11 Å². The second-order valence-electron chi connectivity index (χ2n) is 2.62. The molecule has 12 heavy (non-hydrogen) atoms. The zero-order chi connectivity index (χ0) is 8.81. The van der Waals surface area contributed by atoms with Crippen LogP contribution in [0.15, 0.2) is 4.99 Å². The molecule has 0 bridgehead atoms. The number of amidine groups is 1. The number of nitrogens with zero attached hydrogens (tertiary/aromatic N) is 1. The highest BCUT2D eigenvalue weighted by atomic mass is 16.5. The minimum atomic E-state index is -0.0327. The number of nitrogens with one attached hydrogen (secondary N) is 3. The first-order chi connectivity index (χ1) is 5.83. The molecule has 0 radical (unpaired) electrons. The summed E-state index contributed by atoms with van der Waals surface area (Å²) in [7, 11) is 1.44. The summed E-state index contributed by atoms with van der Waals surface area (Å²) in [5.41, 5.74) is 6.01.